The van der Waals surface area contributed by atoms with E-state index in [9.17, 15) is 9.59 Å². The zero-order chi connectivity index (χ0) is 18.4. The van der Waals surface area contributed by atoms with E-state index >= 15 is 0 Å². The van der Waals surface area contributed by atoms with E-state index in [0.29, 0.717) is 12.2 Å². The highest BCUT2D eigenvalue weighted by molar-refractivity contribution is 5.96. The maximum atomic E-state index is 12.6. The highest BCUT2D eigenvalue weighted by Crippen LogP contribution is 2.26. The standard InChI is InChI=1S/C20H22O5/c1-5-14-10-9-13-16(24-19(22)25-20(2,3)4)17(14)18(21)23-15-11-7-6-8-12-15/h6-13H,5H2,1-4H3. The molecule has 0 fully saturated rings. The van der Waals surface area contributed by atoms with Crippen molar-refractivity contribution in [2.45, 2.75) is 39.7 Å². The Morgan fingerprint density at radius 1 is 0.920 bits per heavy atom. The third-order valence-electron chi connectivity index (χ3n) is 3.23. The quantitative estimate of drug-likeness (QED) is 0.454. The molecule has 0 aliphatic carbocycles. The molecule has 25 heavy (non-hydrogen) atoms. The predicted octanol–water partition coefficient (Wildman–Crippen LogP) is 4.78. The molecule has 0 N–H and O–H groups in total. The van der Waals surface area contributed by atoms with Crippen molar-refractivity contribution < 1.29 is 23.8 Å². The maximum Gasteiger partial charge on any atom is 0.514 e. The minimum atomic E-state index is -0.866. The van der Waals surface area contributed by atoms with Gasteiger partial charge in [-0.15, -0.1) is 0 Å². The van der Waals surface area contributed by atoms with Crippen molar-refractivity contribution in [3.05, 3.63) is 59.7 Å². The van der Waals surface area contributed by atoms with Crippen molar-refractivity contribution >= 4 is 12.1 Å². The number of rotatable bonds is 4. The fraction of sp³-hybridized carbons (Fsp3) is 0.300. The number of benzene rings is 2. The van der Waals surface area contributed by atoms with Crippen molar-refractivity contribution in [3.8, 4) is 11.5 Å². The topological polar surface area (TPSA) is 61.8 Å². The Kier molecular flexibility index (Phi) is 5.80. The van der Waals surface area contributed by atoms with E-state index in [-0.39, 0.29) is 11.3 Å². The minimum Gasteiger partial charge on any atom is -0.428 e. The van der Waals surface area contributed by atoms with Gasteiger partial charge in [-0.1, -0.05) is 37.3 Å². The highest BCUT2D eigenvalue weighted by atomic mass is 16.7. The zero-order valence-corrected chi connectivity index (χ0v) is 14.9. The van der Waals surface area contributed by atoms with E-state index < -0.39 is 17.7 Å². The van der Waals surface area contributed by atoms with Gasteiger partial charge in [0.25, 0.3) is 0 Å². The second kappa shape index (κ2) is 7.83. The molecular formula is C20H22O5. The summed E-state index contributed by atoms with van der Waals surface area (Å²) >= 11 is 0. The van der Waals surface area contributed by atoms with Gasteiger partial charge in [-0.3, -0.25) is 0 Å². The smallest absolute Gasteiger partial charge is 0.428 e. The van der Waals surface area contributed by atoms with Crippen LogP contribution in [0.1, 0.15) is 43.6 Å². The molecule has 0 spiro atoms. The zero-order valence-electron chi connectivity index (χ0n) is 14.9. The van der Waals surface area contributed by atoms with Crippen LogP contribution in [0.25, 0.3) is 0 Å². The maximum absolute atomic E-state index is 12.6. The molecule has 0 atom stereocenters. The first-order valence-electron chi connectivity index (χ1n) is 8.10. The summed E-state index contributed by atoms with van der Waals surface area (Å²) in [6.45, 7) is 7.12. The molecule has 5 heteroatoms. The molecule has 0 bridgehead atoms. The molecule has 0 radical (unpaired) electrons. The lowest BCUT2D eigenvalue weighted by atomic mass is 10.0. The Morgan fingerprint density at radius 2 is 1.60 bits per heavy atom. The summed E-state index contributed by atoms with van der Waals surface area (Å²) in [6.07, 6.45) is -0.278. The van der Waals surface area contributed by atoms with Crippen molar-refractivity contribution in [1.82, 2.24) is 0 Å². The van der Waals surface area contributed by atoms with Gasteiger partial charge in [-0.05, 0) is 51.0 Å². The van der Waals surface area contributed by atoms with Crippen molar-refractivity contribution in [2.24, 2.45) is 0 Å². The van der Waals surface area contributed by atoms with Crippen LogP contribution in [0.3, 0.4) is 0 Å². The van der Waals surface area contributed by atoms with Gasteiger partial charge in [-0.2, -0.15) is 0 Å². The van der Waals surface area contributed by atoms with E-state index in [0.717, 1.165) is 5.56 Å². The van der Waals surface area contributed by atoms with Crippen LogP contribution in [0.2, 0.25) is 0 Å². The van der Waals surface area contributed by atoms with Crippen LogP contribution in [0.5, 0.6) is 11.5 Å². The monoisotopic (exact) mass is 342 g/mol. The molecular weight excluding hydrogens is 320 g/mol. The summed E-state index contributed by atoms with van der Waals surface area (Å²) in [5.41, 5.74) is 0.256. The van der Waals surface area contributed by atoms with Crippen LogP contribution in [-0.4, -0.2) is 17.7 Å². The Morgan fingerprint density at radius 3 is 2.20 bits per heavy atom. The average Bonchev–Trinajstić information content (AvgIpc) is 2.53. The molecule has 0 aliphatic heterocycles. The summed E-state index contributed by atoms with van der Waals surface area (Å²) < 4.78 is 15.8. The Hall–Kier alpha value is -2.82. The highest BCUT2D eigenvalue weighted by Gasteiger charge is 2.23. The number of carbonyl (C=O) groups is 2. The van der Waals surface area contributed by atoms with Crippen LogP contribution in [0, 0.1) is 0 Å². The summed E-state index contributed by atoms with van der Waals surface area (Å²) in [7, 11) is 0. The first-order valence-corrected chi connectivity index (χ1v) is 8.10. The molecule has 2 rings (SSSR count). The average molecular weight is 342 g/mol. The predicted molar refractivity (Wildman–Crippen MR) is 94.1 cm³/mol. The molecule has 0 amide bonds. The van der Waals surface area contributed by atoms with E-state index in [1.54, 1.807) is 63.2 Å². The molecule has 0 unspecified atom stereocenters. The van der Waals surface area contributed by atoms with Gasteiger partial charge in [0, 0.05) is 0 Å². The van der Waals surface area contributed by atoms with Crippen LogP contribution in [0.15, 0.2) is 48.5 Å². The Labute approximate surface area is 147 Å². The van der Waals surface area contributed by atoms with Gasteiger partial charge < -0.3 is 14.2 Å². The third-order valence-corrected chi connectivity index (χ3v) is 3.23. The van der Waals surface area contributed by atoms with Crippen LogP contribution < -0.4 is 9.47 Å². The SMILES string of the molecule is CCc1cccc(OC(=O)OC(C)(C)C)c1C(=O)Oc1ccccc1. The summed E-state index contributed by atoms with van der Waals surface area (Å²) in [4.78, 5) is 24.6. The molecule has 2 aromatic rings. The molecule has 0 aromatic heterocycles. The number of hydrogen-bond donors (Lipinski definition) is 0. The van der Waals surface area contributed by atoms with Crippen molar-refractivity contribution in [3.63, 3.8) is 0 Å². The number of esters is 1. The first-order chi connectivity index (χ1) is 11.8. The Balaban J connectivity index is 2.29. The molecule has 2 aromatic carbocycles. The Bertz CT molecular complexity index is 744. The van der Waals surface area contributed by atoms with Crippen molar-refractivity contribution in [1.29, 1.82) is 0 Å². The van der Waals surface area contributed by atoms with Gasteiger partial charge in [0.2, 0.25) is 0 Å². The lowest BCUT2D eigenvalue weighted by Gasteiger charge is -2.19. The van der Waals surface area contributed by atoms with Crippen molar-refractivity contribution in [2.75, 3.05) is 0 Å². The fourth-order valence-electron chi connectivity index (χ4n) is 2.20. The van der Waals surface area contributed by atoms with Crippen LogP contribution in [0.4, 0.5) is 4.79 Å². The van der Waals surface area contributed by atoms with Gasteiger partial charge in [-0.25, -0.2) is 9.59 Å². The summed E-state index contributed by atoms with van der Waals surface area (Å²) in [5, 5.41) is 0. The second-order valence-electron chi connectivity index (χ2n) is 6.41. The third kappa shape index (κ3) is 5.35. The molecule has 0 saturated heterocycles. The lowest BCUT2D eigenvalue weighted by molar-refractivity contribution is 0.0204. The van der Waals surface area contributed by atoms with Crippen LogP contribution in [-0.2, 0) is 11.2 Å². The van der Waals surface area contributed by atoms with E-state index in [4.69, 9.17) is 14.2 Å². The summed E-state index contributed by atoms with van der Waals surface area (Å²) in [6, 6.07) is 13.8. The van der Waals surface area contributed by atoms with Gasteiger partial charge in [0.1, 0.15) is 22.7 Å². The van der Waals surface area contributed by atoms with Gasteiger partial charge in [0.15, 0.2) is 0 Å². The van der Waals surface area contributed by atoms with E-state index in [1.165, 1.54) is 0 Å². The molecule has 0 heterocycles. The number of hydrogen-bond acceptors (Lipinski definition) is 5. The summed E-state index contributed by atoms with van der Waals surface area (Å²) in [5.74, 6) is -0.0432. The second-order valence-corrected chi connectivity index (χ2v) is 6.41. The number of para-hydroxylation sites is 1. The largest absolute Gasteiger partial charge is 0.514 e. The van der Waals surface area contributed by atoms with Gasteiger partial charge >= 0.3 is 12.1 Å². The molecule has 0 saturated carbocycles. The van der Waals surface area contributed by atoms with E-state index in [1.807, 2.05) is 13.0 Å². The lowest BCUT2D eigenvalue weighted by Crippen LogP contribution is -2.26. The normalized spacial score (nSPS) is 10.9. The van der Waals surface area contributed by atoms with Crippen LogP contribution >= 0.6 is 0 Å². The molecule has 5 nitrogen and oxygen atoms in total. The number of ether oxygens (including phenoxy) is 3. The fourth-order valence-corrected chi connectivity index (χ4v) is 2.20. The van der Waals surface area contributed by atoms with E-state index in [2.05, 4.69) is 0 Å². The first kappa shape index (κ1) is 18.5. The molecule has 132 valence electrons. The number of aryl methyl sites for hydroxylation is 1. The van der Waals surface area contributed by atoms with Gasteiger partial charge in [0.05, 0.1) is 0 Å². The molecule has 0 aliphatic rings. The minimum absolute atomic E-state index is 0.120. The number of carbonyl (C=O) groups excluding carboxylic acids is 2.